The van der Waals surface area contributed by atoms with E-state index in [1.165, 1.54) is 14.2 Å². The van der Waals surface area contributed by atoms with Gasteiger partial charge in [-0.2, -0.15) is 0 Å². The van der Waals surface area contributed by atoms with Crippen LogP contribution in [0.5, 0.6) is 11.5 Å². The summed E-state index contributed by atoms with van der Waals surface area (Å²) in [4.78, 5) is 25.5. The van der Waals surface area contributed by atoms with Crippen LogP contribution in [0, 0.1) is 17.3 Å². The number of hydrogen-bond donors (Lipinski definition) is 2. The number of ether oxygens (including phenoxy) is 2. The molecule has 1 saturated carbocycles. The first kappa shape index (κ1) is 23.6. The number of methoxy groups -OCH3 is 2. The number of nitrogens with one attached hydrogen (secondary N) is 2. The predicted molar refractivity (Wildman–Crippen MR) is 127 cm³/mol. The van der Waals surface area contributed by atoms with Gasteiger partial charge < -0.3 is 20.1 Å². The van der Waals surface area contributed by atoms with Crippen molar-refractivity contribution in [1.29, 1.82) is 0 Å². The van der Waals surface area contributed by atoms with Crippen LogP contribution in [0.15, 0.2) is 42.5 Å². The Balaban J connectivity index is 1.73. The molecule has 172 valence electrons. The lowest BCUT2D eigenvalue weighted by Crippen LogP contribution is -2.31. The highest BCUT2D eigenvalue weighted by Gasteiger charge is 2.32. The Labute approximate surface area is 190 Å². The van der Waals surface area contributed by atoms with Gasteiger partial charge in [0, 0.05) is 23.6 Å². The van der Waals surface area contributed by atoms with Crippen molar-refractivity contribution in [2.45, 2.75) is 46.5 Å². The molecule has 0 heterocycles. The number of amides is 2. The Kier molecular flexibility index (Phi) is 7.44. The second-order valence-electron chi connectivity index (χ2n) is 9.48. The van der Waals surface area contributed by atoms with Crippen molar-refractivity contribution in [3.8, 4) is 11.5 Å². The summed E-state index contributed by atoms with van der Waals surface area (Å²) in [6, 6.07) is 12.3. The van der Waals surface area contributed by atoms with Crippen LogP contribution in [0.25, 0.3) is 0 Å². The van der Waals surface area contributed by atoms with Crippen molar-refractivity contribution < 1.29 is 19.1 Å². The Hall–Kier alpha value is -3.02. The molecule has 0 bridgehead atoms. The van der Waals surface area contributed by atoms with E-state index in [0.29, 0.717) is 34.4 Å². The van der Waals surface area contributed by atoms with Gasteiger partial charge in [0.1, 0.15) is 11.5 Å². The summed E-state index contributed by atoms with van der Waals surface area (Å²) in [5, 5.41) is 5.87. The van der Waals surface area contributed by atoms with Gasteiger partial charge in [0.15, 0.2) is 0 Å². The molecule has 6 heteroatoms. The summed E-state index contributed by atoms with van der Waals surface area (Å²) < 4.78 is 11.0. The number of carbonyl (C=O) groups is 2. The summed E-state index contributed by atoms with van der Waals surface area (Å²) in [5.41, 5.74) is 1.82. The number of benzene rings is 2. The minimum atomic E-state index is -0.252. The third-order valence-corrected chi connectivity index (χ3v) is 6.39. The zero-order valence-corrected chi connectivity index (χ0v) is 19.7. The quantitative estimate of drug-likeness (QED) is 0.602. The van der Waals surface area contributed by atoms with Gasteiger partial charge in [-0.25, -0.2) is 0 Å². The first-order valence-corrected chi connectivity index (χ1v) is 11.2. The summed E-state index contributed by atoms with van der Waals surface area (Å²) in [7, 11) is 3.06. The first-order valence-electron chi connectivity index (χ1n) is 11.2. The maximum absolute atomic E-state index is 13.0. The Morgan fingerprint density at radius 1 is 0.844 bits per heavy atom. The molecule has 1 aliphatic carbocycles. The second-order valence-corrected chi connectivity index (χ2v) is 9.48. The predicted octanol–water partition coefficient (Wildman–Crippen LogP) is 5.75. The molecule has 1 fully saturated rings. The van der Waals surface area contributed by atoms with Crippen molar-refractivity contribution >= 4 is 23.2 Å². The molecule has 0 radical (unpaired) electrons. The van der Waals surface area contributed by atoms with Crippen LogP contribution in [0.3, 0.4) is 0 Å². The zero-order valence-electron chi connectivity index (χ0n) is 19.7. The lowest BCUT2D eigenvalue weighted by Gasteiger charge is -2.36. The summed E-state index contributed by atoms with van der Waals surface area (Å²) >= 11 is 0. The summed E-state index contributed by atoms with van der Waals surface area (Å²) in [5.74, 6) is 1.29. The van der Waals surface area contributed by atoms with Gasteiger partial charge >= 0.3 is 0 Å². The van der Waals surface area contributed by atoms with Crippen LogP contribution in [0.2, 0.25) is 0 Å². The Bertz CT molecular complexity index is 942. The van der Waals surface area contributed by atoms with E-state index in [9.17, 15) is 9.59 Å². The highest BCUT2D eigenvalue weighted by molar-refractivity contribution is 6.05. The van der Waals surface area contributed by atoms with E-state index in [-0.39, 0.29) is 23.1 Å². The summed E-state index contributed by atoms with van der Waals surface area (Å²) in [6.45, 7) is 6.81. The third-order valence-electron chi connectivity index (χ3n) is 6.39. The van der Waals surface area contributed by atoms with E-state index in [4.69, 9.17) is 9.47 Å². The normalized spacial score (nSPS) is 18.5. The summed E-state index contributed by atoms with van der Waals surface area (Å²) in [6.07, 6.45) is 3.90. The highest BCUT2D eigenvalue weighted by Crippen LogP contribution is 2.41. The van der Waals surface area contributed by atoms with Crippen LogP contribution >= 0.6 is 0 Å². The fraction of sp³-hybridized carbons (Fsp3) is 0.462. The van der Waals surface area contributed by atoms with Crippen LogP contribution < -0.4 is 20.1 Å². The molecular weight excluding hydrogens is 404 g/mol. The Morgan fingerprint density at radius 3 is 1.88 bits per heavy atom. The number of hydrogen-bond acceptors (Lipinski definition) is 4. The SMILES string of the molecule is COc1cc(NC(=O)C2CCC(C(C)(C)C)CC2)c(OC)cc1NC(=O)c1ccccc1. The van der Waals surface area contributed by atoms with Crippen LogP contribution in [-0.2, 0) is 4.79 Å². The standard InChI is InChI=1S/C26H34N2O4/c1-26(2,3)19-13-11-18(12-14-19)25(30)28-21-16-22(31-4)20(15-23(21)32-5)27-24(29)17-9-7-6-8-10-17/h6-10,15-16,18-19H,11-14H2,1-5H3,(H,27,29)(H,28,30). The van der Waals surface area contributed by atoms with Crippen LogP contribution in [-0.4, -0.2) is 26.0 Å². The van der Waals surface area contributed by atoms with E-state index >= 15 is 0 Å². The maximum atomic E-state index is 13.0. The molecule has 1 aliphatic rings. The minimum absolute atomic E-state index is 0.00113. The number of carbonyl (C=O) groups excluding carboxylic acids is 2. The first-order chi connectivity index (χ1) is 15.2. The molecule has 2 N–H and O–H groups in total. The zero-order chi connectivity index (χ0) is 23.3. The lowest BCUT2D eigenvalue weighted by molar-refractivity contribution is -0.121. The van der Waals surface area contributed by atoms with E-state index in [0.717, 1.165) is 25.7 Å². The molecule has 2 amide bonds. The number of anilines is 2. The monoisotopic (exact) mass is 438 g/mol. The van der Waals surface area contributed by atoms with Crippen molar-refractivity contribution in [2.75, 3.05) is 24.9 Å². The van der Waals surface area contributed by atoms with E-state index in [2.05, 4.69) is 31.4 Å². The molecule has 0 saturated heterocycles. The van der Waals surface area contributed by atoms with E-state index in [1.54, 1.807) is 36.4 Å². The third kappa shape index (κ3) is 5.61. The van der Waals surface area contributed by atoms with Crippen molar-refractivity contribution in [1.82, 2.24) is 0 Å². The smallest absolute Gasteiger partial charge is 0.255 e. The molecule has 0 aliphatic heterocycles. The van der Waals surface area contributed by atoms with Crippen molar-refractivity contribution in [3.63, 3.8) is 0 Å². The van der Waals surface area contributed by atoms with Crippen LogP contribution in [0.4, 0.5) is 11.4 Å². The van der Waals surface area contributed by atoms with Crippen molar-refractivity contribution in [3.05, 3.63) is 48.0 Å². The van der Waals surface area contributed by atoms with Gasteiger partial charge in [-0.1, -0.05) is 39.0 Å². The van der Waals surface area contributed by atoms with Gasteiger partial charge in [0.25, 0.3) is 5.91 Å². The fourth-order valence-electron chi connectivity index (χ4n) is 4.33. The molecule has 0 aromatic heterocycles. The Morgan fingerprint density at radius 2 is 1.38 bits per heavy atom. The average molecular weight is 439 g/mol. The van der Waals surface area contributed by atoms with Gasteiger partial charge in [0.05, 0.1) is 25.6 Å². The van der Waals surface area contributed by atoms with Gasteiger partial charge in [0.2, 0.25) is 5.91 Å². The molecule has 0 spiro atoms. The molecular formula is C26H34N2O4. The highest BCUT2D eigenvalue weighted by atomic mass is 16.5. The molecule has 32 heavy (non-hydrogen) atoms. The van der Waals surface area contributed by atoms with E-state index < -0.39 is 0 Å². The van der Waals surface area contributed by atoms with Gasteiger partial charge in [-0.05, 0) is 49.1 Å². The lowest BCUT2D eigenvalue weighted by atomic mass is 9.69. The second kappa shape index (κ2) is 10.1. The maximum Gasteiger partial charge on any atom is 0.255 e. The molecule has 3 rings (SSSR count). The molecule has 0 atom stereocenters. The largest absolute Gasteiger partial charge is 0.494 e. The molecule has 6 nitrogen and oxygen atoms in total. The number of rotatable bonds is 6. The van der Waals surface area contributed by atoms with Crippen LogP contribution in [0.1, 0.15) is 56.8 Å². The minimum Gasteiger partial charge on any atom is -0.494 e. The molecule has 2 aromatic carbocycles. The van der Waals surface area contributed by atoms with Gasteiger partial charge in [-0.3, -0.25) is 9.59 Å². The van der Waals surface area contributed by atoms with Crippen molar-refractivity contribution in [2.24, 2.45) is 17.3 Å². The average Bonchev–Trinajstić information content (AvgIpc) is 2.79. The molecule has 0 unspecified atom stereocenters. The fourth-order valence-corrected chi connectivity index (χ4v) is 4.33. The van der Waals surface area contributed by atoms with Gasteiger partial charge in [-0.15, -0.1) is 0 Å². The topological polar surface area (TPSA) is 76.7 Å². The van der Waals surface area contributed by atoms with E-state index in [1.807, 2.05) is 6.07 Å². The molecule has 2 aromatic rings.